The van der Waals surface area contributed by atoms with Crippen molar-refractivity contribution in [3.63, 3.8) is 0 Å². The van der Waals surface area contributed by atoms with Crippen LogP contribution in [0.2, 0.25) is 0 Å². The molecule has 0 aromatic rings. The predicted octanol–water partition coefficient (Wildman–Crippen LogP) is 22.9. The summed E-state index contributed by atoms with van der Waals surface area (Å²) in [6.07, 6.45) is 88.8. The van der Waals surface area contributed by atoms with E-state index in [1.165, 1.54) is 360 Å². The quantitative estimate of drug-likeness (QED) is 0.0261. The maximum atomic E-state index is 13.2. The molecule has 7 unspecified atom stereocenters. The Morgan fingerprint density at radius 2 is 0.633 bits per heavy atom. The first-order valence-electron chi connectivity index (χ1n) is 40.2. The molecule has 0 aromatic heterocycles. The maximum absolute atomic E-state index is 13.2. The monoisotopic (exact) mass is 1270 g/mol. The molecule has 0 aliphatic carbocycles. The minimum atomic E-state index is -1.57. The van der Waals surface area contributed by atoms with Gasteiger partial charge in [-0.05, 0) is 57.8 Å². The van der Waals surface area contributed by atoms with Crippen LogP contribution in [0.5, 0.6) is 0 Å². The van der Waals surface area contributed by atoms with E-state index in [4.69, 9.17) is 9.47 Å². The Hall–Kier alpha value is -1.59. The van der Waals surface area contributed by atoms with Gasteiger partial charge in [0.05, 0.1) is 25.4 Å². The van der Waals surface area contributed by atoms with E-state index < -0.39 is 49.5 Å². The topological polar surface area (TPSA) is 149 Å². The summed E-state index contributed by atoms with van der Waals surface area (Å²) in [5.74, 6) is -0.177. The molecule has 6 N–H and O–H groups in total. The van der Waals surface area contributed by atoms with Crippen LogP contribution in [-0.4, -0.2) is 87.5 Å². The molecule has 0 bridgehead atoms. The van der Waals surface area contributed by atoms with Crippen LogP contribution in [0, 0.1) is 0 Å². The van der Waals surface area contributed by atoms with Crippen molar-refractivity contribution in [2.75, 3.05) is 13.2 Å². The molecule has 0 aromatic carbocycles. The Kier molecular flexibility index (Phi) is 67.4. The highest BCUT2D eigenvalue weighted by Crippen LogP contribution is 2.24. The van der Waals surface area contributed by atoms with E-state index in [1.54, 1.807) is 6.08 Å². The summed E-state index contributed by atoms with van der Waals surface area (Å²) in [7, 11) is 0. The minimum Gasteiger partial charge on any atom is -0.394 e. The zero-order valence-corrected chi connectivity index (χ0v) is 59.9. The van der Waals surface area contributed by atoms with E-state index in [9.17, 15) is 30.3 Å². The van der Waals surface area contributed by atoms with Crippen LogP contribution in [-0.2, 0) is 14.3 Å². The average molecular weight is 1270 g/mol. The molecule has 9 heteroatoms. The lowest BCUT2D eigenvalue weighted by atomic mass is 9.99. The second-order valence-corrected chi connectivity index (χ2v) is 28.2. The highest BCUT2D eigenvalue weighted by Gasteiger charge is 2.44. The lowest BCUT2D eigenvalue weighted by Crippen LogP contribution is -2.60. The van der Waals surface area contributed by atoms with E-state index >= 15 is 0 Å². The molecule has 0 saturated carbocycles. The van der Waals surface area contributed by atoms with Gasteiger partial charge >= 0.3 is 0 Å². The van der Waals surface area contributed by atoms with Crippen LogP contribution >= 0.6 is 0 Å². The molecule has 1 aliphatic rings. The zero-order chi connectivity index (χ0) is 64.9. The van der Waals surface area contributed by atoms with E-state index in [1.807, 2.05) is 6.08 Å². The number of hydrogen-bond acceptors (Lipinski definition) is 8. The molecule has 1 saturated heterocycles. The fraction of sp³-hybridized carbons (Fsp3) is 0.914. The van der Waals surface area contributed by atoms with Crippen molar-refractivity contribution in [3.8, 4) is 0 Å². The number of allylic oxidation sites excluding steroid dienone is 5. The highest BCUT2D eigenvalue weighted by molar-refractivity contribution is 5.76. The summed E-state index contributed by atoms with van der Waals surface area (Å²) in [5, 5.41) is 54.9. The number of carbonyl (C=O) groups is 1. The first kappa shape index (κ1) is 86.4. The van der Waals surface area contributed by atoms with Gasteiger partial charge in [-0.3, -0.25) is 4.79 Å². The van der Waals surface area contributed by atoms with Crippen molar-refractivity contribution >= 4 is 5.91 Å². The van der Waals surface area contributed by atoms with Crippen molar-refractivity contribution in [3.05, 3.63) is 36.5 Å². The summed E-state index contributed by atoms with van der Waals surface area (Å²) in [5.41, 5.74) is 0. The van der Waals surface area contributed by atoms with Crippen LogP contribution < -0.4 is 5.32 Å². The summed E-state index contributed by atoms with van der Waals surface area (Å²) >= 11 is 0. The van der Waals surface area contributed by atoms with Crippen molar-refractivity contribution in [1.29, 1.82) is 0 Å². The second kappa shape index (κ2) is 70.2. The number of carbonyl (C=O) groups excluding carboxylic acids is 1. The normalized spacial score (nSPS) is 17.9. The standard InChI is InChI=1S/C81H155NO8/c1-3-5-7-9-11-13-15-17-19-21-23-25-27-29-31-33-35-37-38-39-41-43-45-47-49-51-53-55-57-59-61-63-65-67-69-71-77(85)82-74(73-89-81-80(88)79(87)78(86)76(72-83)90-81)75(84)70-68-66-64-62-60-58-56-54-52-50-48-46-44-42-40-36-34-32-30-28-26-24-22-20-18-16-14-12-10-8-6-4-2/h21,23,60,62,68,70,74-76,78-81,83-84,86-88H,3-20,22,24-59,61,63-67,69,71-73H2,1-2H3,(H,82,85)/b23-21-,62-60+,70-68+. The second-order valence-electron chi connectivity index (χ2n) is 28.2. The van der Waals surface area contributed by atoms with Crippen molar-refractivity contribution in [1.82, 2.24) is 5.32 Å². The number of nitrogens with one attached hydrogen (secondary N) is 1. The summed E-state index contributed by atoms with van der Waals surface area (Å²) < 4.78 is 11.3. The number of rotatable bonds is 72. The molecular weight excluding hydrogens is 1110 g/mol. The summed E-state index contributed by atoms with van der Waals surface area (Å²) in [4.78, 5) is 13.2. The number of aliphatic hydroxyl groups excluding tert-OH is 5. The first-order valence-corrected chi connectivity index (χ1v) is 40.2. The van der Waals surface area contributed by atoms with Gasteiger partial charge in [-0.1, -0.05) is 391 Å². The van der Waals surface area contributed by atoms with Crippen molar-refractivity contribution in [2.45, 2.75) is 461 Å². The van der Waals surface area contributed by atoms with Gasteiger partial charge < -0.3 is 40.3 Å². The van der Waals surface area contributed by atoms with Gasteiger partial charge in [-0.2, -0.15) is 0 Å². The Morgan fingerprint density at radius 3 is 0.933 bits per heavy atom. The average Bonchev–Trinajstić information content (AvgIpc) is 1.28. The van der Waals surface area contributed by atoms with Gasteiger partial charge in [-0.15, -0.1) is 0 Å². The fourth-order valence-corrected chi connectivity index (χ4v) is 13.2. The minimum absolute atomic E-state index is 0.177. The summed E-state index contributed by atoms with van der Waals surface area (Å²) in [6, 6.07) is -0.822. The molecule has 1 heterocycles. The number of hydrogen-bond donors (Lipinski definition) is 6. The van der Waals surface area contributed by atoms with Crippen LogP contribution in [0.3, 0.4) is 0 Å². The SMILES string of the molecule is CCCCCCCCCC/C=C\CCCCCCCCCCCCCCCCCCCCCCCCCC(=O)NC(COC1OC(CO)C(O)C(O)C1O)C(O)/C=C/CC/C=C/CCCCCCCCCCCCCCCCCCCCCCCCCCCC. The molecule has 7 atom stereocenters. The van der Waals surface area contributed by atoms with Gasteiger partial charge in [0.1, 0.15) is 24.4 Å². The Balaban J connectivity index is 2.08. The molecule has 1 fully saturated rings. The third kappa shape index (κ3) is 57.8. The summed E-state index contributed by atoms with van der Waals surface area (Å²) in [6.45, 7) is 3.83. The van der Waals surface area contributed by atoms with Gasteiger partial charge in [0.15, 0.2) is 6.29 Å². The molecule has 9 nitrogen and oxygen atoms in total. The van der Waals surface area contributed by atoms with Gasteiger partial charge in [0, 0.05) is 6.42 Å². The number of unbranched alkanes of at least 4 members (excludes halogenated alkanes) is 58. The predicted molar refractivity (Wildman–Crippen MR) is 387 cm³/mol. The van der Waals surface area contributed by atoms with E-state index in [2.05, 4.69) is 43.5 Å². The van der Waals surface area contributed by atoms with Gasteiger partial charge in [-0.25, -0.2) is 0 Å². The van der Waals surface area contributed by atoms with Gasteiger partial charge in [0.2, 0.25) is 5.91 Å². The largest absolute Gasteiger partial charge is 0.394 e. The molecule has 1 aliphatic heterocycles. The van der Waals surface area contributed by atoms with Crippen molar-refractivity contribution in [2.24, 2.45) is 0 Å². The Labute approximate surface area is 559 Å². The lowest BCUT2D eigenvalue weighted by Gasteiger charge is -2.40. The van der Waals surface area contributed by atoms with Crippen LogP contribution in [0.4, 0.5) is 0 Å². The van der Waals surface area contributed by atoms with E-state index in [0.717, 1.165) is 38.5 Å². The molecule has 532 valence electrons. The fourth-order valence-electron chi connectivity index (χ4n) is 13.2. The smallest absolute Gasteiger partial charge is 0.220 e. The Bertz CT molecular complexity index is 1520. The van der Waals surface area contributed by atoms with Gasteiger partial charge in [0.25, 0.3) is 0 Å². The number of aliphatic hydroxyl groups is 5. The molecule has 1 rings (SSSR count). The van der Waals surface area contributed by atoms with E-state index in [0.29, 0.717) is 6.42 Å². The zero-order valence-electron chi connectivity index (χ0n) is 59.9. The molecule has 1 amide bonds. The Morgan fingerprint density at radius 1 is 0.367 bits per heavy atom. The number of ether oxygens (including phenoxy) is 2. The van der Waals surface area contributed by atoms with Crippen molar-refractivity contribution < 1.29 is 39.8 Å². The highest BCUT2D eigenvalue weighted by atomic mass is 16.7. The number of amides is 1. The molecule has 0 radical (unpaired) electrons. The van der Waals surface area contributed by atoms with Crippen LogP contribution in [0.15, 0.2) is 36.5 Å². The third-order valence-electron chi connectivity index (χ3n) is 19.4. The molecule has 0 spiro atoms. The molecule has 90 heavy (non-hydrogen) atoms. The van der Waals surface area contributed by atoms with Crippen LogP contribution in [0.1, 0.15) is 418 Å². The molecular formula is C81H155NO8. The third-order valence-corrected chi connectivity index (χ3v) is 19.4. The first-order chi connectivity index (χ1) is 44.3. The van der Waals surface area contributed by atoms with E-state index in [-0.39, 0.29) is 12.5 Å². The van der Waals surface area contributed by atoms with Crippen LogP contribution in [0.25, 0.3) is 0 Å². The maximum Gasteiger partial charge on any atom is 0.220 e. The lowest BCUT2D eigenvalue weighted by molar-refractivity contribution is -0.302.